The largest absolute Gasteiger partial charge is 0.375 e. The summed E-state index contributed by atoms with van der Waals surface area (Å²) < 4.78 is 12.1. The molecule has 0 aromatic carbocycles. The van der Waals surface area contributed by atoms with Crippen molar-refractivity contribution in [2.24, 2.45) is 11.8 Å². The van der Waals surface area contributed by atoms with Crippen molar-refractivity contribution in [2.45, 2.75) is 70.5 Å². The minimum absolute atomic E-state index is 0.0150. The second-order valence-electron chi connectivity index (χ2n) is 7.44. The summed E-state index contributed by atoms with van der Waals surface area (Å²) in [7, 11) is 0. The molecule has 2 heterocycles. The molecule has 3 rings (SSSR count). The molecule has 1 saturated carbocycles. The SMILES string of the molecule is CCC(CC)C(=O)N1CCC2(CC1)CC(OCC1CC1)CO2. The van der Waals surface area contributed by atoms with Gasteiger partial charge in [0.15, 0.2) is 0 Å². The lowest BCUT2D eigenvalue weighted by Gasteiger charge is -2.39. The summed E-state index contributed by atoms with van der Waals surface area (Å²) in [6.07, 6.45) is 7.82. The topological polar surface area (TPSA) is 38.8 Å². The van der Waals surface area contributed by atoms with E-state index in [1.165, 1.54) is 12.8 Å². The summed E-state index contributed by atoms with van der Waals surface area (Å²) in [6.45, 7) is 7.59. The zero-order valence-corrected chi connectivity index (χ0v) is 14.2. The first kappa shape index (κ1) is 16.3. The van der Waals surface area contributed by atoms with Crippen molar-refractivity contribution < 1.29 is 14.3 Å². The Hall–Kier alpha value is -0.610. The molecule has 1 spiro atoms. The van der Waals surface area contributed by atoms with Crippen LogP contribution in [-0.4, -0.2) is 48.8 Å². The minimum Gasteiger partial charge on any atom is -0.375 e. The summed E-state index contributed by atoms with van der Waals surface area (Å²) in [4.78, 5) is 14.5. The fourth-order valence-corrected chi connectivity index (χ4v) is 3.85. The molecule has 1 atom stereocenters. The summed E-state index contributed by atoms with van der Waals surface area (Å²) in [5, 5.41) is 0. The van der Waals surface area contributed by atoms with Crippen molar-refractivity contribution in [1.82, 2.24) is 4.90 Å². The van der Waals surface area contributed by atoms with Gasteiger partial charge in [-0.3, -0.25) is 4.79 Å². The molecule has 0 N–H and O–H groups in total. The fraction of sp³-hybridized carbons (Fsp3) is 0.944. The Morgan fingerprint density at radius 2 is 1.95 bits per heavy atom. The average Bonchev–Trinajstić information content (AvgIpc) is 3.29. The Bertz CT molecular complexity index is 382. The van der Waals surface area contributed by atoms with Crippen LogP contribution in [0.15, 0.2) is 0 Å². The van der Waals surface area contributed by atoms with Crippen molar-refractivity contribution in [3.63, 3.8) is 0 Å². The molecule has 126 valence electrons. The summed E-state index contributed by atoms with van der Waals surface area (Å²) in [5.74, 6) is 1.36. The summed E-state index contributed by atoms with van der Waals surface area (Å²) in [5.41, 5.74) is -0.0150. The number of piperidine rings is 1. The van der Waals surface area contributed by atoms with Crippen LogP contribution in [0, 0.1) is 11.8 Å². The van der Waals surface area contributed by atoms with Crippen LogP contribution in [0.5, 0.6) is 0 Å². The second-order valence-corrected chi connectivity index (χ2v) is 7.44. The maximum atomic E-state index is 12.5. The summed E-state index contributed by atoms with van der Waals surface area (Å²) >= 11 is 0. The number of nitrogens with zero attached hydrogens (tertiary/aromatic N) is 1. The van der Waals surface area contributed by atoms with Crippen LogP contribution in [0.4, 0.5) is 0 Å². The Balaban J connectivity index is 1.45. The number of carbonyl (C=O) groups excluding carboxylic acids is 1. The Morgan fingerprint density at radius 3 is 2.55 bits per heavy atom. The molecule has 1 amide bonds. The van der Waals surface area contributed by atoms with Gasteiger partial charge in [0, 0.05) is 32.0 Å². The monoisotopic (exact) mass is 309 g/mol. The molecule has 2 saturated heterocycles. The second kappa shape index (κ2) is 6.88. The van der Waals surface area contributed by atoms with Gasteiger partial charge in [-0.25, -0.2) is 0 Å². The highest BCUT2D eigenvalue weighted by molar-refractivity contribution is 5.78. The van der Waals surface area contributed by atoms with Crippen LogP contribution in [0.2, 0.25) is 0 Å². The van der Waals surface area contributed by atoms with Crippen molar-refractivity contribution in [3.8, 4) is 0 Å². The van der Waals surface area contributed by atoms with Crippen molar-refractivity contribution >= 4 is 5.91 Å². The molecule has 2 aliphatic heterocycles. The Morgan fingerprint density at radius 1 is 1.27 bits per heavy atom. The third-order valence-electron chi connectivity index (χ3n) is 5.76. The Labute approximate surface area is 134 Å². The van der Waals surface area contributed by atoms with Gasteiger partial charge in [0.25, 0.3) is 0 Å². The van der Waals surface area contributed by atoms with E-state index in [4.69, 9.17) is 9.47 Å². The zero-order valence-electron chi connectivity index (χ0n) is 14.2. The standard InChI is InChI=1S/C18H31NO3/c1-3-15(4-2)17(20)19-9-7-18(8-10-19)11-16(13-22-18)21-12-14-5-6-14/h14-16H,3-13H2,1-2H3. The molecular weight excluding hydrogens is 278 g/mol. The van der Waals surface area contributed by atoms with Crippen LogP contribution in [0.25, 0.3) is 0 Å². The van der Waals surface area contributed by atoms with Crippen LogP contribution < -0.4 is 0 Å². The van der Waals surface area contributed by atoms with Gasteiger partial charge in [-0.2, -0.15) is 0 Å². The lowest BCUT2D eigenvalue weighted by molar-refractivity contribution is -0.140. The van der Waals surface area contributed by atoms with Crippen LogP contribution in [0.3, 0.4) is 0 Å². The van der Waals surface area contributed by atoms with Crippen LogP contribution in [0.1, 0.15) is 58.8 Å². The smallest absolute Gasteiger partial charge is 0.225 e. The van der Waals surface area contributed by atoms with E-state index in [0.29, 0.717) is 5.91 Å². The normalized spacial score (nSPS) is 27.8. The number of carbonyl (C=O) groups is 1. The third-order valence-corrected chi connectivity index (χ3v) is 5.76. The molecule has 4 heteroatoms. The van der Waals surface area contributed by atoms with Gasteiger partial charge in [0.2, 0.25) is 5.91 Å². The number of likely N-dealkylation sites (tertiary alicyclic amines) is 1. The number of hydrogen-bond donors (Lipinski definition) is 0. The molecular formula is C18H31NO3. The Kier molecular flexibility index (Phi) is 5.08. The average molecular weight is 309 g/mol. The van der Waals surface area contributed by atoms with Gasteiger partial charge in [-0.15, -0.1) is 0 Å². The number of ether oxygens (including phenoxy) is 2. The third kappa shape index (κ3) is 3.65. The molecule has 22 heavy (non-hydrogen) atoms. The van der Waals surface area contributed by atoms with Gasteiger partial charge in [0.1, 0.15) is 0 Å². The maximum absolute atomic E-state index is 12.5. The lowest BCUT2D eigenvalue weighted by atomic mass is 9.87. The van der Waals surface area contributed by atoms with Gasteiger partial charge >= 0.3 is 0 Å². The zero-order chi connectivity index (χ0) is 15.6. The molecule has 3 aliphatic rings. The van der Waals surface area contributed by atoms with Crippen LogP contribution in [-0.2, 0) is 14.3 Å². The van der Waals surface area contributed by atoms with Crippen molar-refractivity contribution in [1.29, 1.82) is 0 Å². The highest BCUT2D eigenvalue weighted by Crippen LogP contribution is 2.38. The van der Waals surface area contributed by atoms with Gasteiger partial charge < -0.3 is 14.4 Å². The first-order chi connectivity index (χ1) is 10.7. The van der Waals surface area contributed by atoms with E-state index in [9.17, 15) is 4.79 Å². The first-order valence-corrected chi connectivity index (χ1v) is 9.20. The van der Waals surface area contributed by atoms with Gasteiger partial charge in [-0.05, 0) is 44.4 Å². The van der Waals surface area contributed by atoms with Crippen molar-refractivity contribution in [2.75, 3.05) is 26.3 Å². The van der Waals surface area contributed by atoms with E-state index in [1.54, 1.807) is 0 Å². The summed E-state index contributed by atoms with van der Waals surface area (Å²) in [6, 6.07) is 0. The van der Waals surface area contributed by atoms with E-state index in [1.807, 2.05) is 0 Å². The number of amides is 1. The quantitative estimate of drug-likeness (QED) is 0.757. The first-order valence-electron chi connectivity index (χ1n) is 9.20. The molecule has 1 aliphatic carbocycles. The fourth-order valence-electron chi connectivity index (χ4n) is 3.85. The van der Waals surface area contributed by atoms with Crippen LogP contribution >= 0.6 is 0 Å². The molecule has 0 bridgehead atoms. The highest BCUT2D eigenvalue weighted by atomic mass is 16.6. The van der Waals surface area contributed by atoms with Crippen molar-refractivity contribution in [3.05, 3.63) is 0 Å². The molecule has 3 fully saturated rings. The van der Waals surface area contributed by atoms with Gasteiger partial charge in [-0.1, -0.05) is 13.8 Å². The molecule has 0 aromatic heterocycles. The molecule has 1 unspecified atom stereocenters. The van der Waals surface area contributed by atoms with E-state index in [-0.39, 0.29) is 17.6 Å². The minimum atomic E-state index is -0.0150. The van der Waals surface area contributed by atoms with E-state index >= 15 is 0 Å². The molecule has 0 radical (unpaired) electrons. The molecule has 0 aromatic rings. The maximum Gasteiger partial charge on any atom is 0.225 e. The van der Waals surface area contributed by atoms with Gasteiger partial charge in [0.05, 0.1) is 18.3 Å². The van der Waals surface area contributed by atoms with E-state index < -0.39 is 0 Å². The predicted octanol–water partition coefficient (Wildman–Crippen LogP) is 3.00. The number of rotatable bonds is 6. The van der Waals surface area contributed by atoms with E-state index in [0.717, 1.165) is 64.3 Å². The highest BCUT2D eigenvalue weighted by Gasteiger charge is 2.44. The molecule has 4 nitrogen and oxygen atoms in total. The number of hydrogen-bond acceptors (Lipinski definition) is 3. The lowest BCUT2D eigenvalue weighted by Crippen LogP contribution is -2.48. The predicted molar refractivity (Wildman–Crippen MR) is 85.7 cm³/mol. The van der Waals surface area contributed by atoms with E-state index in [2.05, 4.69) is 18.7 Å².